The highest BCUT2D eigenvalue weighted by Crippen LogP contribution is 2.35. The van der Waals surface area contributed by atoms with E-state index in [4.69, 9.17) is 13.9 Å². The van der Waals surface area contributed by atoms with E-state index in [1.54, 1.807) is 30.3 Å². The van der Waals surface area contributed by atoms with Gasteiger partial charge in [0.05, 0.1) is 5.56 Å². The molecule has 0 atom stereocenters. The number of furan rings is 1. The van der Waals surface area contributed by atoms with E-state index in [0.717, 1.165) is 19.9 Å². The fourth-order valence-electron chi connectivity index (χ4n) is 3.25. The van der Waals surface area contributed by atoms with Crippen molar-refractivity contribution in [2.24, 2.45) is 0 Å². The Kier molecular flexibility index (Phi) is 5.00. The summed E-state index contributed by atoms with van der Waals surface area (Å²) in [7, 11) is 0. The highest BCUT2D eigenvalue weighted by Gasteiger charge is 2.28. The summed E-state index contributed by atoms with van der Waals surface area (Å²) in [6, 6.07) is 19.2. The minimum Gasteiger partial charge on any atom is -0.452 e. The summed E-state index contributed by atoms with van der Waals surface area (Å²) >= 11 is 6.80. The van der Waals surface area contributed by atoms with Crippen LogP contribution in [0.2, 0.25) is 0 Å². The van der Waals surface area contributed by atoms with Gasteiger partial charge in [0.15, 0.2) is 5.76 Å². The molecule has 0 spiro atoms. The number of allylic oxidation sites excluding steroid dienone is 1. The maximum absolute atomic E-state index is 12.6. The number of carbonyl (C=O) groups is 2. The van der Waals surface area contributed by atoms with Crippen LogP contribution in [0.25, 0.3) is 17.0 Å². The van der Waals surface area contributed by atoms with Gasteiger partial charge in [-0.3, -0.25) is 4.79 Å². The van der Waals surface area contributed by atoms with Gasteiger partial charge in [0.2, 0.25) is 11.5 Å². The predicted molar refractivity (Wildman–Crippen MR) is 122 cm³/mol. The van der Waals surface area contributed by atoms with Gasteiger partial charge in [-0.2, -0.15) is 0 Å². The van der Waals surface area contributed by atoms with Crippen LogP contribution >= 0.6 is 31.9 Å². The number of Topliss-reactive ketones (excluding diaryl/α,β-unsaturated/α-hetero) is 1. The molecule has 7 heteroatoms. The summed E-state index contributed by atoms with van der Waals surface area (Å²) in [5.74, 6) is 0.0180. The fraction of sp³-hybridized carbons (Fsp3) is 0. The smallest absolute Gasteiger partial charge is 0.379 e. The molecule has 4 aromatic rings. The van der Waals surface area contributed by atoms with Crippen LogP contribution in [-0.4, -0.2) is 11.8 Å². The van der Waals surface area contributed by atoms with Gasteiger partial charge in [-0.25, -0.2) is 4.79 Å². The molecule has 0 saturated carbocycles. The topological polar surface area (TPSA) is 65.7 Å². The van der Waals surface area contributed by atoms with Crippen LogP contribution in [-0.2, 0) is 0 Å². The molecule has 0 fully saturated rings. The molecule has 0 bridgehead atoms. The van der Waals surface area contributed by atoms with Crippen molar-refractivity contribution in [3.63, 3.8) is 0 Å². The summed E-state index contributed by atoms with van der Waals surface area (Å²) in [5.41, 5.74) is 1.82. The standard InChI is InChI=1S/C24H12Br2O5/c25-15-3-1-2-13(8-15)9-21-23(27)18-6-5-17(12-20(18)31-21)29-24(28)22-11-14-10-16(26)4-7-19(14)30-22/h1-12H/b21-9-. The lowest BCUT2D eigenvalue weighted by Crippen LogP contribution is -2.07. The van der Waals surface area contributed by atoms with E-state index in [2.05, 4.69) is 31.9 Å². The Morgan fingerprint density at radius 3 is 2.61 bits per heavy atom. The summed E-state index contributed by atoms with van der Waals surface area (Å²) in [4.78, 5) is 25.2. The molecule has 1 aliphatic heterocycles. The van der Waals surface area contributed by atoms with Crippen LogP contribution < -0.4 is 9.47 Å². The van der Waals surface area contributed by atoms with Gasteiger partial charge in [-0.05, 0) is 60.2 Å². The largest absolute Gasteiger partial charge is 0.452 e. The molecule has 152 valence electrons. The number of benzene rings is 3. The number of hydrogen-bond acceptors (Lipinski definition) is 5. The first-order valence-corrected chi connectivity index (χ1v) is 10.8. The van der Waals surface area contributed by atoms with E-state index in [-0.39, 0.29) is 23.1 Å². The van der Waals surface area contributed by atoms with Crippen LogP contribution in [0.1, 0.15) is 26.5 Å². The first-order chi connectivity index (χ1) is 15.0. The lowest BCUT2D eigenvalue weighted by atomic mass is 10.1. The molecule has 0 radical (unpaired) electrons. The van der Waals surface area contributed by atoms with Gasteiger partial charge < -0.3 is 13.9 Å². The van der Waals surface area contributed by atoms with Crippen LogP contribution in [0, 0.1) is 0 Å². The first kappa shape index (κ1) is 19.8. The van der Waals surface area contributed by atoms with Gasteiger partial charge in [0, 0.05) is 20.4 Å². The lowest BCUT2D eigenvalue weighted by Gasteiger charge is -2.04. The van der Waals surface area contributed by atoms with Crippen molar-refractivity contribution in [1.29, 1.82) is 0 Å². The molecule has 0 unspecified atom stereocenters. The second-order valence-electron chi connectivity index (χ2n) is 6.84. The molecule has 2 heterocycles. The number of ether oxygens (including phenoxy) is 2. The molecular weight excluding hydrogens is 528 g/mol. The Morgan fingerprint density at radius 1 is 0.935 bits per heavy atom. The Labute approximate surface area is 193 Å². The van der Waals surface area contributed by atoms with Gasteiger partial charge in [-0.1, -0.05) is 44.0 Å². The lowest BCUT2D eigenvalue weighted by molar-refractivity contribution is 0.0703. The maximum atomic E-state index is 12.6. The number of hydrogen-bond donors (Lipinski definition) is 0. The zero-order valence-corrected chi connectivity index (χ0v) is 18.9. The van der Waals surface area contributed by atoms with Crippen molar-refractivity contribution < 1.29 is 23.5 Å². The SMILES string of the molecule is O=C(Oc1ccc2c(c1)O/C(=C\c1cccc(Br)c1)C2=O)c1cc2cc(Br)ccc2o1. The zero-order chi connectivity index (χ0) is 21.5. The summed E-state index contributed by atoms with van der Waals surface area (Å²) < 4.78 is 18.5. The average Bonchev–Trinajstić information content (AvgIpc) is 3.29. The number of esters is 1. The second-order valence-corrected chi connectivity index (χ2v) is 8.67. The van der Waals surface area contributed by atoms with Gasteiger partial charge in [-0.15, -0.1) is 0 Å². The molecule has 0 saturated heterocycles. The monoisotopic (exact) mass is 538 g/mol. The minimum atomic E-state index is -0.638. The van der Waals surface area contributed by atoms with Crippen LogP contribution in [0.3, 0.4) is 0 Å². The Balaban J connectivity index is 1.37. The summed E-state index contributed by atoms with van der Waals surface area (Å²) in [5, 5.41) is 0.784. The number of rotatable bonds is 3. The molecule has 31 heavy (non-hydrogen) atoms. The summed E-state index contributed by atoms with van der Waals surface area (Å²) in [6.45, 7) is 0. The van der Waals surface area contributed by atoms with Crippen LogP contribution in [0.15, 0.2) is 85.9 Å². The van der Waals surface area contributed by atoms with Crippen LogP contribution in [0.5, 0.6) is 11.5 Å². The van der Waals surface area contributed by atoms with E-state index in [1.165, 1.54) is 6.07 Å². The molecular formula is C24H12Br2O5. The minimum absolute atomic E-state index is 0.0841. The average molecular weight is 540 g/mol. The Bertz CT molecular complexity index is 1400. The van der Waals surface area contributed by atoms with E-state index < -0.39 is 5.97 Å². The van der Waals surface area contributed by atoms with Crippen molar-refractivity contribution in [2.45, 2.75) is 0 Å². The molecule has 5 nitrogen and oxygen atoms in total. The van der Waals surface area contributed by atoms with E-state index in [1.807, 2.05) is 36.4 Å². The van der Waals surface area contributed by atoms with Crippen molar-refractivity contribution >= 4 is 60.7 Å². The number of carbonyl (C=O) groups excluding carboxylic acids is 2. The molecule has 0 aliphatic carbocycles. The van der Waals surface area contributed by atoms with Crippen LogP contribution in [0.4, 0.5) is 0 Å². The normalized spacial score (nSPS) is 14.0. The number of ketones is 1. The molecule has 0 amide bonds. The maximum Gasteiger partial charge on any atom is 0.379 e. The highest BCUT2D eigenvalue weighted by atomic mass is 79.9. The Hall–Kier alpha value is -3.16. The third-order valence-electron chi connectivity index (χ3n) is 4.68. The van der Waals surface area contributed by atoms with Crippen molar-refractivity contribution in [2.75, 3.05) is 0 Å². The summed E-state index contributed by atoms with van der Waals surface area (Å²) in [6.07, 6.45) is 1.67. The molecule has 3 aromatic carbocycles. The van der Waals surface area contributed by atoms with Gasteiger partial charge >= 0.3 is 5.97 Å². The van der Waals surface area contributed by atoms with E-state index >= 15 is 0 Å². The third-order valence-corrected chi connectivity index (χ3v) is 5.66. The fourth-order valence-corrected chi connectivity index (χ4v) is 4.05. The number of halogens is 2. The molecule has 1 aromatic heterocycles. The highest BCUT2D eigenvalue weighted by molar-refractivity contribution is 9.10. The second kappa shape index (κ2) is 7.83. The van der Waals surface area contributed by atoms with E-state index in [9.17, 15) is 9.59 Å². The molecule has 0 N–H and O–H groups in total. The van der Waals surface area contributed by atoms with Crippen molar-refractivity contribution in [1.82, 2.24) is 0 Å². The molecule has 1 aliphatic rings. The zero-order valence-electron chi connectivity index (χ0n) is 15.7. The number of fused-ring (bicyclic) bond motifs is 2. The predicted octanol–water partition coefficient (Wildman–Crippen LogP) is 6.79. The van der Waals surface area contributed by atoms with Gasteiger partial charge in [0.25, 0.3) is 0 Å². The van der Waals surface area contributed by atoms with Crippen molar-refractivity contribution in [3.05, 3.63) is 98.3 Å². The van der Waals surface area contributed by atoms with Crippen molar-refractivity contribution in [3.8, 4) is 11.5 Å². The van der Waals surface area contributed by atoms with E-state index in [0.29, 0.717) is 16.9 Å². The Morgan fingerprint density at radius 2 is 1.77 bits per heavy atom. The van der Waals surface area contributed by atoms with Gasteiger partial charge in [0.1, 0.15) is 17.1 Å². The molecule has 5 rings (SSSR count). The quantitative estimate of drug-likeness (QED) is 0.163. The first-order valence-electron chi connectivity index (χ1n) is 9.21. The third kappa shape index (κ3) is 3.94.